The molecule has 0 unspecified atom stereocenters. The molecule has 0 heterocycles. The fourth-order valence-corrected chi connectivity index (χ4v) is 8.48. The third kappa shape index (κ3) is 3.58. The van der Waals surface area contributed by atoms with Crippen molar-refractivity contribution in [1.82, 2.24) is 0 Å². The molecular weight excluding hydrogens is 400 g/mol. The molecule has 0 amide bonds. The maximum atomic E-state index is 12.8. The van der Waals surface area contributed by atoms with Crippen molar-refractivity contribution in [1.29, 1.82) is 0 Å². The Balaban J connectivity index is 1.30. The van der Waals surface area contributed by atoms with Crippen molar-refractivity contribution in [2.24, 2.45) is 34.5 Å². The monoisotopic (exact) mass is 438 g/mol. The maximum Gasteiger partial charge on any atom is 0.338 e. The molecule has 0 aromatic heterocycles. The number of rotatable bonds is 3. The van der Waals surface area contributed by atoms with Crippen LogP contribution in [-0.2, 0) is 14.3 Å². The van der Waals surface area contributed by atoms with Gasteiger partial charge in [-0.3, -0.25) is 4.79 Å². The van der Waals surface area contributed by atoms with Gasteiger partial charge in [-0.05, 0) is 99.0 Å². The summed E-state index contributed by atoms with van der Waals surface area (Å²) in [6.45, 7) is 6.46. The summed E-state index contributed by atoms with van der Waals surface area (Å²) >= 11 is 0. The molecule has 0 saturated heterocycles. The molecule has 4 aliphatic carbocycles. The van der Waals surface area contributed by atoms with E-state index in [-0.39, 0.29) is 29.6 Å². The number of carbonyl (C=O) groups excluding carboxylic acids is 2. The lowest BCUT2D eigenvalue weighted by molar-refractivity contribution is -0.161. The average Bonchev–Trinajstić information content (AvgIpc) is 3.10. The molecule has 1 aromatic carbocycles. The van der Waals surface area contributed by atoms with Crippen LogP contribution in [0.3, 0.4) is 0 Å². The van der Waals surface area contributed by atoms with Crippen molar-refractivity contribution >= 4 is 11.9 Å². The van der Waals surface area contributed by atoms with Crippen molar-refractivity contribution in [3.8, 4) is 0 Å². The predicted molar refractivity (Wildman–Crippen MR) is 123 cm³/mol. The van der Waals surface area contributed by atoms with E-state index in [4.69, 9.17) is 9.47 Å². The quantitative estimate of drug-likeness (QED) is 0.528. The van der Waals surface area contributed by atoms with Crippen LogP contribution in [0.5, 0.6) is 0 Å². The number of fused-ring (bicyclic) bond motifs is 5. The van der Waals surface area contributed by atoms with E-state index >= 15 is 0 Å². The third-order valence-corrected chi connectivity index (χ3v) is 10.1. The Hall–Kier alpha value is -1.84. The van der Waals surface area contributed by atoms with Gasteiger partial charge in [0.2, 0.25) is 0 Å². The molecule has 4 aliphatic rings. The number of carbonyl (C=O) groups is 2. The number of ether oxygens (including phenoxy) is 2. The highest BCUT2D eigenvalue weighted by molar-refractivity contribution is 5.89. The summed E-state index contributed by atoms with van der Waals surface area (Å²) in [5.41, 5.74) is 1.12. The van der Waals surface area contributed by atoms with E-state index < -0.39 is 0 Å². The molecule has 5 rings (SSSR count). The van der Waals surface area contributed by atoms with E-state index in [1.54, 1.807) is 0 Å². The summed E-state index contributed by atoms with van der Waals surface area (Å²) in [5, 5.41) is 0. The molecule has 4 heteroatoms. The largest absolute Gasteiger partial charge is 0.463 e. The van der Waals surface area contributed by atoms with Crippen molar-refractivity contribution in [3.63, 3.8) is 0 Å². The fraction of sp³-hybridized carbons (Fsp3) is 0.714. The summed E-state index contributed by atoms with van der Waals surface area (Å²) in [5.74, 6) is 2.50. The van der Waals surface area contributed by atoms with E-state index in [0.29, 0.717) is 22.8 Å². The summed E-state index contributed by atoms with van der Waals surface area (Å²) in [7, 11) is 0. The topological polar surface area (TPSA) is 52.6 Å². The summed E-state index contributed by atoms with van der Waals surface area (Å²) < 4.78 is 11.8. The van der Waals surface area contributed by atoms with Crippen LogP contribution >= 0.6 is 0 Å². The van der Waals surface area contributed by atoms with Gasteiger partial charge in [0.05, 0.1) is 5.56 Å². The molecule has 8 atom stereocenters. The van der Waals surface area contributed by atoms with E-state index in [1.807, 2.05) is 30.3 Å². The summed E-state index contributed by atoms with van der Waals surface area (Å²) in [6, 6.07) is 9.43. The van der Waals surface area contributed by atoms with Crippen LogP contribution in [0.15, 0.2) is 30.3 Å². The van der Waals surface area contributed by atoms with Gasteiger partial charge in [0.25, 0.3) is 0 Å². The Morgan fingerprint density at radius 3 is 2.31 bits per heavy atom. The lowest BCUT2D eigenvalue weighted by Gasteiger charge is -2.60. The lowest BCUT2D eigenvalue weighted by Crippen LogP contribution is -2.54. The lowest BCUT2D eigenvalue weighted by atomic mass is 9.45. The second-order valence-corrected chi connectivity index (χ2v) is 11.5. The van der Waals surface area contributed by atoms with E-state index in [1.165, 1.54) is 39.0 Å². The number of hydrogen-bond donors (Lipinski definition) is 0. The van der Waals surface area contributed by atoms with Gasteiger partial charge in [-0.2, -0.15) is 0 Å². The smallest absolute Gasteiger partial charge is 0.338 e. The van der Waals surface area contributed by atoms with Crippen LogP contribution in [0.4, 0.5) is 0 Å². The van der Waals surface area contributed by atoms with Crippen molar-refractivity contribution in [3.05, 3.63) is 35.9 Å². The van der Waals surface area contributed by atoms with Gasteiger partial charge >= 0.3 is 11.9 Å². The highest BCUT2D eigenvalue weighted by Gasteiger charge is 2.61. The molecule has 0 spiro atoms. The molecule has 32 heavy (non-hydrogen) atoms. The van der Waals surface area contributed by atoms with Crippen LogP contribution in [0, 0.1) is 34.5 Å². The van der Waals surface area contributed by atoms with Crippen LogP contribution in [0.2, 0.25) is 0 Å². The van der Waals surface area contributed by atoms with Gasteiger partial charge in [0.1, 0.15) is 12.2 Å². The minimum atomic E-state index is -0.168. The molecule has 0 N–H and O–H groups in total. The highest BCUT2D eigenvalue weighted by atomic mass is 16.5. The van der Waals surface area contributed by atoms with Gasteiger partial charge in [-0.15, -0.1) is 0 Å². The first-order valence-electron chi connectivity index (χ1n) is 12.7. The summed E-state index contributed by atoms with van der Waals surface area (Å²) in [6.07, 6.45) is 10.5. The van der Waals surface area contributed by atoms with Crippen LogP contribution < -0.4 is 0 Å². The molecule has 4 fully saturated rings. The summed E-state index contributed by atoms with van der Waals surface area (Å²) in [4.78, 5) is 24.3. The van der Waals surface area contributed by atoms with Gasteiger partial charge in [0, 0.05) is 12.3 Å². The number of esters is 2. The Bertz CT molecular complexity index is 865. The molecular formula is C28H38O4. The van der Waals surface area contributed by atoms with Crippen molar-refractivity contribution < 1.29 is 19.1 Å². The van der Waals surface area contributed by atoms with E-state index in [0.717, 1.165) is 37.5 Å². The van der Waals surface area contributed by atoms with Crippen LogP contribution in [-0.4, -0.2) is 24.1 Å². The van der Waals surface area contributed by atoms with Gasteiger partial charge in [-0.1, -0.05) is 32.0 Å². The van der Waals surface area contributed by atoms with Gasteiger partial charge < -0.3 is 9.47 Å². The zero-order chi connectivity index (χ0) is 22.5. The second-order valence-electron chi connectivity index (χ2n) is 11.5. The van der Waals surface area contributed by atoms with Crippen LogP contribution in [0.1, 0.15) is 88.9 Å². The van der Waals surface area contributed by atoms with Gasteiger partial charge in [0.15, 0.2) is 0 Å². The highest BCUT2D eigenvalue weighted by Crippen LogP contribution is 2.66. The first-order chi connectivity index (χ1) is 15.3. The second kappa shape index (κ2) is 8.18. The molecule has 0 radical (unpaired) electrons. The van der Waals surface area contributed by atoms with E-state index in [9.17, 15) is 9.59 Å². The third-order valence-electron chi connectivity index (χ3n) is 10.1. The first kappa shape index (κ1) is 22.0. The minimum Gasteiger partial charge on any atom is -0.463 e. The Labute approximate surface area is 192 Å². The van der Waals surface area contributed by atoms with Crippen molar-refractivity contribution in [2.75, 3.05) is 0 Å². The molecule has 4 saturated carbocycles. The molecule has 1 aromatic rings. The van der Waals surface area contributed by atoms with E-state index in [2.05, 4.69) is 13.8 Å². The SMILES string of the molecule is CC(=O)O[C@@H]1CC[C@@]2(C)[C@@H](CC[C@@H]3[C@H]2CC[C@]2(C)[C@H](OC(=O)c4ccccc4)CC[C@@H]32)C1. The minimum absolute atomic E-state index is 0.0337. The first-order valence-corrected chi connectivity index (χ1v) is 12.7. The zero-order valence-corrected chi connectivity index (χ0v) is 19.8. The number of hydrogen-bond acceptors (Lipinski definition) is 4. The molecule has 0 bridgehead atoms. The normalized spacial score (nSPS) is 42.8. The Kier molecular flexibility index (Phi) is 5.62. The van der Waals surface area contributed by atoms with Crippen LogP contribution in [0.25, 0.3) is 0 Å². The Morgan fingerprint density at radius 2 is 1.56 bits per heavy atom. The standard InChI is InChI=1S/C28H38O4/c1-18(29)31-21-13-15-27(2)20(17-21)9-10-22-23-11-12-25(28(23,3)16-14-24(22)27)32-26(30)19-7-5-4-6-8-19/h4-8,20-25H,9-17H2,1-3H3/t20-,21+,22-,23-,24+,25+,27-,28-/m0/s1. The molecule has 174 valence electrons. The average molecular weight is 439 g/mol. The fourth-order valence-electron chi connectivity index (χ4n) is 8.48. The zero-order valence-electron chi connectivity index (χ0n) is 19.8. The maximum absolute atomic E-state index is 12.8. The number of benzene rings is 1. The molecule has 4 nitrogen and oxygen atoms in total. The molecule has 0 aliphatic heterocycles. The Morgan fingerprint density at radius 1 is 0.844 bits per heavy atom. The van der Waals surface area contributed by atoms with Crippen molar-refractivity contribution in [2.45, 2.75) is 90.8 Å². The predicted octanol–water partition coefficient (Wildman–Crippen LogP) is 6.19. The van der Waals surface area contributed by atoms with Gasteiger partial charge in [-0.25, -0.2) is 4.79 Å².